The lowest BCUT2D eigenvalue weighted by atomic mass is 9.92. The highest BCUT2D eigenvalue weighted by Crippen LogP contribution is 2.29. The summed E-state index contributed by atoms with van der Waals surface area (Å²) in [5, 5.41) is 10.2. The van der Waals surface area contributed by atoms with Crippen molar-refractivity contribution in [1.82, 2.24) is 18.9 Å². The second kappa shape index (κ2) is 11.7. The Bertz CT molecular complexity index is 1290. The fourth-order valence-electron chi connectivity index (χ4n) is 4.20. The Hall–Kier alpha value is -3.22. The van der Waals surface area contributed by atoms with E-state index >= 15 is 0 Å². The minimum Gasteiger partial charge on any atom is -0.477 e. The molecule has 192 valence electrons. The molecule has 0 saturated carbocycles. The average molecular weight is 516 g/mol. The molecule has 3 aromatic heterocycles. The molecule has 11 nitrogen and oxygen atoms in total. The maximum atomic E-state index is 12.9. The first-order valence-corrected chi connectivity index (χ1v) is 12.6. The molecule has 1 saturated heterocycles. The van der Waals surface area contributed by atoms with Crippen LogP contribution in [0.4, 0.5) is 5.82 Å². The number of nitrogens with zero attached hydrogens (tertiary/aromatic N) is 5. The first-order valence-electron chi connectivity index (χ1n) is 11.8. The fraction of sp³-hybridized carbons (Fsp3) is 0.500. The predicted octanol–water partition coefficient (Wildman–Crippen LogP) is 2.47. The molecule has 0 amide bonds. The van der Waals surface area contributed by atoms with Gasteiger partial charge in [0.25, 0.3) is 0 Å². The molecule has 4 heterocycles. The number of unbranched alkanes of at least 4 members (excludes halogenated alkanes) is 1. The molecule has 36 heavy (non-hydrogen) atoms. The summed E-state index contributed by atoms with van der Waals surface area (Å²) in [6.07, 6.45) is 5.65. The van der Waals surface area contributed by atoms with Crippen LogP contribution in [0, 0.1) is 12.8 Å². The Morgan fingerprint density at radius 2 is 1.97 bits per heavy atom. The van der Waals surface area contributed by atoms with Gasteiger partial charge in [-0.25, -0.2) is 14.8 Å². The van der Waals surface area contributed by atoms with E-state index in [2.05, 4.69) is 14.3 Å². The highest BCUT2D eigenvalue weighted by molar-refractivity contribution is 7.08. The highest BCUT2D eigenvalue weighted by Gasteiger charge is 2.33. The number of carboxylic acid groups (broad SMARTS) is 1. The molecule has 1 fully saturated rings. The van der Waals surface area contributed by atoms with E-state index in [0.29, 0.717) is 61.5 Å². The summed E-state index contributed by atoms with van der Waals surface area (Å²) >= 11 is 1.07. The number of pyridine rings is 2. The molecule has 1 aliphatic heterocycles. The van der Waals surface area contributed by atoms with E-state index in [9.17, 15) is 19.5 Å². The van der Waals surface area contributed by atoms with Crippen molar-refractivity contribution < 1.29 is 24.2 Å². The van der Waals surface area contributed by atoms with Crippen LogP contribution in [-0.4, -0.2) is 75.8 Å². The van der Waals surface area contributed by atoms with Gasteiger partial charge in [-0.2, -0.15) is 4.37 Å². The van der Waals surface area contributed by atoms with Crippen LogP contribution < -0.4 is 10.3 Å². The van der Waals surface area contributed by atoms with Crippen molar-refractivity contribution in [1.29, 1.82) is 0 Å². The van der Waals surface area contributed by atoms with Gasteiger partial charge in [0.2, 0.25) is 10.6 Å². The number of carbonyl (C=O) groups excluding carboxylic acids is 1. The number of fused-ring (bicyclic) bond motifs is 1. The minimum absolute atomic E-state index is 0.0508. The van der Waals surface area contributed by atoms with Crippen LogP contribution >= 0.6 is 11.5 Å². The number of hydrogen-bond acceptors (Lipinski definition) is 10. The number of hydrogen-bond donors (Lipinski definition) is 1. The highest BCUT2D eigenvalue weighted by atomic mass is 32.1. The smallest absolute Gasteiger partial charge is 0.341 e. The molecular formula is C24H29N5O6S. The minimum atomic E-state index is -1.31. The lowest BCUT2D eigenvalue weighted by molar-refractivity contribution is -0.123. The standard InChI is InChI=1S/C24H29N5O6S/c1-15-10-19(28-11-16(12-28)18(30)6-3-4-8-35-9-5-7-34-2)27-22-20(15)21(31)17(23(32)33)13-29(22)24-25-14-26-36-24/h10,13-14,16H,3-9,11-12H2,1-2H3,(H,32,33). The number of methoxy groups -OCH3 is 1. The van der Waals surface area contributed by atoms with Crippen molar-refractivity contribution in [2.75, 3.05) is 44.9 Å². The van der Waals surface area contributed by atoms with Crippen molar-refractivity contribution in [2.24, 2.45) is 5.92 Å². The Balaban J connectivity index is 1.43. The van der Waals surface area contributed by atoms with Gasteiger partial charge in [0, 0.05) is 64.2 Å². The number of rotatable bonds is 13. The summed E-state index contributed by atoms with van der Waals surface area (Å²) in [5.41, 5.74) is -0.0156. The van der Waals surface area contributed by atoms with E-state index in [1.54, 1.807) is 20.1 Å². The molecule has 0 unspecified atom stereocenters. The Kier molecular flexibility index (Phi) is 8.39. The van der Waals surface area contributed by atoms with Gasteiger partial charge < -0.3 is 19.5 Å². The van der Waals surface area contributed by atoms with Crippen LogP contribution in [0.5, 0.6) is 0 Å². The molecule has 3 aromatic rings. The molecular weight excluding hydrogens is 486 g/mol. The number of carboxylic acids is 1. The first-order chi connectivity index (χ1) is 17.4. The Labute approximate surface area is 211 Å². The van der Waals surface area contributed by atoms with Gasteiger partial charge >= 0.3 is 5.97 Å². The van der Waals surface area contributed by atoms with Gasteiger partial charge in [-0.15, -0.1) is 0 Å². The Morgan fingerprint density at radius 1 is 1.19 bits per heavy atom. The van der Waals surface area contributed by atoms with Crippen molar-refractivity contribution in [2.45, 2.75) is 32.6 Å². The monoisotopic (exact) mass is 515 g/mol. The van der Waals surface area contributed by atoms with Crippen LogP contribution in [0.2, 0.25) is 0 Å². The molecule has 0 radical (unpaired) electrons. The van der Waals surface area contributed by atoms with Gasteiger partial charge in [-0.05, 0) is 37.8 Å². The fourth-order valence-corrected chi connectivity index (χ4v) is 4.71. The first kappa shape index (κ1) is 25.9. The predicted molar refractivity (Wildman–Crippen MR) is 134 cm³/mol. The molecule has 1 N–H and O–H groups in total. The van der Waals surface area contributed by atoms with Crippen LogP contribution in [0.3, 0.4) is 0 Å². The lowest BCUT2D eigenvalue weighted by Gasteiger charge is -2.39. The molecule has 0 aromatic carbocycles. The molecule has 0 aliphatic carbocycles. The molecule has 4 rings (SSSR count). The third-order valence-corrected chi connectivity index (χ3v) is 6.85. The van der Waals surface area contributed by atoms with Gasteiger partial charge in [-0.3, -0.25) is 14.2 Å². The maximum Gasteiger partial charge on any atom is 0.341 e. The van der Waals surface area contributed by atoms with Crippen LogP contribution in [0.1, 0.15) is 41.6 Å². The second-order valence-corrected chi connectivity index (χ2v) is 9.51. The third-order valence-electron chi connectivity index (χ3n) is 6.19. The topological polar surface area (TPSA) is 137 Å². The van der Waals surface area contributed by atoms with Gasteiger partial charge in [0.1, 0.15) is 23.5 Å². The molecule has 0 spiro atoms. The quantitative estimate of drug-likeness (QED) is 0.338. The number of aromatic carboxylic acids is 1. The normalized spacial score (nSPS) is 13.8. The SMILES string of the molecule is COCCCOCCCCC(=O)C1CN(c2cc(C)c3c(=O)c(C(=O)O)cn(-c4ncns4)c3n2)C1. The van der Waals surface area contributed by atoms with E-state index in [4.69, 9.17) is 9.47 Å². The van der Waals surface area contributed by atoms with E-state index in [0.717, 1.165) is 30.8 Å². The summed E-state index contributed by atoms with van der Waals surface area (Å²) in [6, 6.07) is 1.77. The summed E-state index contributed by atoms with van der Waals surface area (Å²) in [5.74, 6) is -0.496. The Morgan fingerprint density at radius 3 is 2.67 bits per heavy atom. The van der Waals surface area contributed by atoms with E-state index in [1.165, 1.54) is 17.1 Å². The van der Waals surface area contributed by atoms with E-state index in [-0.39, 0.29) is 22.7 Å². The van der Waals surface area contributed by atoms with Crippen molar-refractivity contribution in [3.63, 3.8) is 0 Å². The van der Waals surface area contributed by atoms with Crippen molar-refractivity contribution >= 4 is 40.1 Å². The largest absolute Gasteiger partial charge is 0.477 e. The molecule has 0 atom stereocenters. The zero-order valence-corrected chi connectivity index (χ0v) is 21.1. The summed E-state index contributed by atoms with van der Waals surface area (Å²) in [6.45, 7) is 4.87. The number of anilines is 1. The number of Topliss-reactive ketones (excluding diaryl/α,β-unsaturated/α-hetero) is 1. The zero-order valence-electron chi connectivity index (χ0n) is 20.3. The third kappa shape index (κ3) is 5.61. The number of aromatic nitrogens is 4. The molecule has 0 bridgehead atoms. The van der Waals surface area contributed by atoms with E-state index < -0.39 is 11.4 Å². The summed E-state index contributed by atoms with van der Waals surface area (Å²) in [7, 11) is 1.67. The van der Waals surface area contributed by atoms with Crippen LogP contribution in [0.25, 0.3) is 16.2 Å². The average Bonchev–Trinajstić information content (AvgIpc) is 3.34. The van der Waals surface area contributed by atoms with Crippen LogP contribution in [0.15, 0.2) is 23.4 Å². The summed E-state index contributed by atoms with van der Waals surface area (Å²) < 4.78 is 16.0. The maximum absolute atomic E-state index is 12.9. The van der Waals surface area contributed by atoms with Gasteiger partial charge in [-0.1, -0.05) is 0 Å². The lowest BCUT2D eigenvalue weighted by Crippen LogP contribution is -2.50. The number of carbonyl (C=O) groups is 2. The van der Waals surface area contributed by atoms with E-state index in [1.807, 2.05) is 4.90 Å². The van der Waals surface area contributed by atoms with Crippen molar-refractivity contribution in [3.05, 3.63) is 39.9 Å². The zero-order chi connectivity index (χ0) is 25.7. The van der Waals surface area contributed by atoms with Crippen molar-refractivity contribution in [3.8, 4) is 5.13 Å². The second-order valence-electron chi connectivity index (χ2n) is 8.75. The number of ether oxygens (including phenoxy) is 2. The molecule has 12 heteroatoms. The van der Waals surface area contributed by atoms with Crippen LogP contribution in [-0.2, 0) is 14.3 Å². The summed E-state index contributed by atoms with van der Waals surface area (Å²) in [4.78, 5) is 48.0. The number of ketones is 1. The van der Waals surface area contributed by atoms with Gasteiger partial charge in [0.15, 0.2) is 5.65 Å². The van der Waals surface area contributed by atoms with Gasteiger partial charge in [0.05, 0.1) is 11.3 Å². The number of aryl methyl sites for hydroxylation is 1. The molecule has 1 aliphatic rings.